The van der Waals surface area contributed by atoms with Crippen LogP contribution in [0.4, 0.5) is 0 Å². The molecule has 0 spiro atoms. The predicted octanol–water partition coefficient (Wildman–Crippen LogP) is 3.19. The fourth-order valence-corrected chi connectivity index (χ4v) is 3.94. The average molecular weight is 380 g/mol. The molecule has 2 rings (SSSR count). The lowest BCUT2D eigenvalue weighted by molar-refractivity contribution is 0.0453. The third-order valence-electron chi connectivity index (χ3n) is 4.58. The lowest BCUT2D eigenvalue weighted by Gasteiger charge is -2.17. The number of thioether (sulfide) groups is 1. The molecule has 1 saturated carbocycles. The smallest absolute Gasteiger partial charge is 0.191 e. The topological polar surface area (TPSA) is 54.9 Å². The Hall–Kier alpha value is -1.24. The number of nitrogens with zero attached hydrogens (tertiary/aromatic N) is 1. The van der Waals surface area contributed by atoms with Crippen LogP contribution in [0.3, 0.4) is 0 Å². The van der Waals surface area contributed by atoms with E-state index in [2.05, 4.69) is 46.1 Å². The Morgan fingerprint density at radius 1 is 1.23 bits per heavy atom. The Labute approximate surface area is 162 Å². The molecular formula is C20H33N3O2S. The van der Waals surface area contributed by atoms with Gasteiger partial charge in [-0.1, -0.05) is 24.3 Å². The SMILES string of the molecule is CCOCCOCc1cccc(CNC(=NC)NC2CCC(SC)C2)c1. The summed E-state index contributed by atoms with van der Waals surface area (Å²) in [6.07, 6.45) is 5.94. The van der Waals surface area contributed by atoms with Gasteiger partial charge in [-0.25, -0.2) is 0 Å². The maximum Gasteiger partial charge on any atom is 0.191 e. The Bertz CT molecular complexity index is 554. The minimum Gasteiger partial charge on any atom is -0.379 e. The predicted molar refractivity (Wildman–Crippen MR) is 111 cm³/mol. The fraction of sp³-hybridized carbons (Fsp3) is 0.650. The van der Waals surface area contributed by atoms with E-state index in [1.807, 2.05) is 25.7 Å². The maximum atomic E-state index is 5.65. The summed E-state index contributed by atoms with van der Waals surface area (Å²) < 4.78 is 10.9. The summed E-state index contributed by atoms with van der Waals surface area (Å²) >= 11 is 1.97. The van der Waals surface area contributed by atoms with E-state index >= 15 is 0 Å². The van der Waals surface area contributed by atoms with Gasteiger partial charge in [0.1, 0.15) is 0 Å². The van der Waals surface area contributed by atoms with Crippen LogP contribution < -0.4 is 10.6 Å². The summed E-state index contributed by atoms with van der Waals surface area (Å²) in [6, 6.07) is 9.01. The van der Waals surface area contributed by atoms with Gasteiger partial charge in [-0.15, -0.1) is 0 Å². The van der Waals surface area contributed by atoms with Crippen molar-refractivity contribution < 1.29 is 9.47 Å². The lowest BCUT2D eigenvalue weighted by Crippen LogP contribution is -2.42. The molecule has 0 radical (unpaired) electrons. The van der Waals surface area contributed by atoms with Crippen molar-refractivity contribution in [2.45, 2.75) is 50.6 Å². The normalized spacial score (nSPS) is 20.3. The van der Waals surface area contributed by atoms with E-state index in [4.69, 9.17) is 9.47 Å². The van der Waals surface area contributed by atoms with Crippen molar-refractivity contribution in [3.8, 4) is 0 Å². The summed E-state index contributed by atoms with van der Waals surface area (Å²) in [4.78, 5) is 4.37. The number of hydrogen-bond acceptors (Lipinski definition) is 4. The average Bonchev–Trinajstić information content (AvgIpc) is 3.13. The van der Waals surface area contributed by atoms with Gasteiger partial charge < -0.3 is 20.1 Å². The molecule has 1 aromatic rings. The summed E-state index contributed by atoms with van der Waals surface area (Å²) in [5.74, 6) is 0.884. The zero-order chi connectivity index (χ0) is 18.6. The van der Waals surface area contributed by atoms with Gasteiger partial charge in [0.2, 0.25) is 0 Å². The summed E-state index contributed by atoms with van der Waals surface area (Å²) in [6.45, 7) is 5.38. The number of ether oxygens (including phenoxy) is 2. The molecule has 26 heavy (non-hydrogen) atoms. The van der Waals surface area contributed by atoms with Crippen LogP contribution in [0, 0.1) is 0 Å². The van der Waals surface area contributed by atoms with Gasteiger partial charge >= 0.3 is 0 Å². The zero-order valence-corrected chi connectivity index (χ0v) is 17.1. The molecule has 2 N–H and O–H groups in total. The van der Waals surface area contributed by atoms with Gasteiger partial charge in [-0.2, -0.15) is 11.8 Å². The van der Waals surface area contributed by atoms with E-state index in [0.717, 1.165) is 24.4 Å². The van der Waals surface area contributed by atoms with Crippen LogP contribution in [0.15, 0.2) is 29.3 Å². The van der Waals surface area contributed by atoms with E-state index in [0.29, 0.717) is 25.9 Å². The van der Waals surface area contributed by atoms with Crippen LogP contribution in [-0.4, -0.2) is 50.4 Å². The Kier molecular flexibility index (Phi) is 9.89. The van der Waals surface area contributed by atoms with Crippen molar-refractivity contribution in [3.05, 3.63) is 35.4 Å². The molecule has 1 fully saturated rings. The minimum absolute atomic E-state index is 0.531. The Morgan fingerprint density at radius 2 is 2.04 bits per heavy atom. The standard InChI is InChI=1S/C20H33N3O2S/c1-4-24-10-11-25-15-17-7-5-6-16(12-17)14-22-20(21-2)23-18-8-9-19(13-18)26-3/h5-7,12,18-19H,4,8-11,13-15H2,1-3H3,(H2,21,22,23). The van der Waals surface area contributed by atoms with Gasteiger partial charge in [0.05, 0.1) is 19.8 Å². The summed E-state index contributed by atoms with van der Waals surface area (Å²) in [7, 11) is 1.83. The highest BCUT2D eigenvalue weighted by atomic mass is 32.2. The second-order valence-corrected chi connectivity index (χ2v) is 7.65. The third kappa shape index (κ3) is 7.56. The Morgan fingerprint density at radius 3 is 2.77 bits per heavy atom. The summed E-state index contributed by atoms with van der Waals surface area (Å²) in [5.41, 5.74) is 2.41. The van der Waals surface area contributed by atoms with E-state index in [9.17, 15) is 0 Å². The van der Waals surface area contributed by atoms with Crippen LogP contribution in [0.2, 0.25) is 0 Å². The highest BCUT2D eigenvalue weighted by Gasteiger charge is 2.24. The molecule has 0 saturated heterocycles. The number of aliphatic imine (C=N–C) groups is 1. The van der Waals surface area contributed by atoms with Crippen molar-refractivity contribution in [2.75, 3.05) is 33.1 Å². The van der Waals surface area contributed by atoms with E-state index in [1.54, 1.807) is 0 Å². The number of guanidine groups is 1. The quantitative estimate of drug-likeness (QED) is 0.371. The van der Waals surface area contributed by atoms with Crippen molar-refractivity contribution in [1.82, 2.24) is 10.6 Å². The van der Waals surface area contributed by atoms with E-state index in [-0.39, 0.29) is 0 Å². The molecule has 0 amide bonds. The van der Waals surface area contributed by atoms with Gasteiger partial charge in [0.25, 0.3) is 0 Å². The number of benzene rings is 1. The minimum atomic E-state index is 0.531. The van der Waals surface area contributed by atoms with E-state index in [1.165, 1.54) is 30.4 Å². The molecule has 0 aliphatic heterocycles. The van der Waals surface area contributed by atoms with Crippen LogP contribution in [0.1, 0.15) is 37.3 Å². The van der Waals surface area contributed by atoms with Crippen LogP contribution in [0.5, 0.6) is 0 Å². The molecule has 2 atom stereocenters. The largest absolute Gasteiger partial charge is 0.379 e. The lowest BCUT2D eigenvalue weighted by atomic mass is 10.1. The van der Waals surface area contributed by atoms with Crippen LogP contribution in [-0.2, 0) is 22.6 Å². The highest BCUT2D eigenvalue weighted by Crippen LogP contribution is 2.28. The molecule has 2 unspecified atom stereocenters. The molecule has 5 nitrogen and oxygen atoms in total. The van der Waals surface area contributed by atoms with Crippen molar-refractivity contribution in [3.63, 3.8) is 0 Å². The number of nitrogens with one attached hydrogen (secondary N) is 2. The molecule has 1 aliphatic carbocycles. The Balaban J connectivity index is 1.74. The van der Waals surface area contributed by atoms with Gasteiger partial charge in [-0.3, -0.25) is 4.99 Å². The van der Waals surface area contributed by atoms with E-state index < -0.39 is 0 Å². The molecule has 0 heterocycles. The molecule has 146 valence electrons. The van der Waals surface area contributed by atoms with Crippen molar-refractivity contribution >= 4 is 17.7 Å². The zero-order valence-electron chi connectivity index (χ0n) is 16.3. The first-order chi connectivity index (χ1) is 12.7. The highest BCUT2D eigenvalue weighted by molar-refractivity contribution is 7.99. The second kappa shape index (κ2) is 12.2. The summed E-state index contributed by atoms with van der Waals surface area (Å²) in [5, 5.41) is 7.77. The molecule has 0 bridgehead atoms. The first-order valence-corrected chi connectivity index (χ1v) is 10.8. The molecule has 1 aliphatic rings. The van der Waals surface area contributed by atoms with Gasteiger partial charge in [0, 0.05) is 31.5 Å². The first-order valence-electron chi connectivity index (χ1n) is 9.48. The molecule has 1 aromatic carbocycles. The van der Waals surface area contributed by atoms with Gasteiger partial charge in [-0.05, 0) is 43.6 Å². The molecule has 6 heteroatoms. The third-order valence-corrected chi connectivity index (χ3v) is 5.67. The number of hydrogen-bond donors (Lipinski definition) is 2. The fourth-order valence-electron chi connectivity index (χ4n) is 3.14. The first kappa shape index (κ1) is 21.1. The van der Waals surface area contributed by atoms with Crippen molar-refractivity contribution in [1.29, 1.82) is 0 Å². The van der Waals surface area contributed by atoms with Crippen molar-refractivity contribution in [2.24, 2.45) is 4.99 Å². The molecular weight excluding hydrogens is 346 g/mol. The second-order valence-electron chi connectivity index (χ2n) is 6.51. The number of rotatable bonds is 10. The molecule has 0 aromatic heterocycles. The van der Waals surface area contributed by atoms with Crippen LogP contribution >= 0.6 is 11.8 Å². The maximum absolute atomic E-state index is 5.65. The monoisotopic (exact) mass is 379 g/mol. The van der Waals surface area contributed by atoms with Crippen LogP contribution in [0.25, 0.3) is 0 Å². The van der Waals surface area contributed by atoms with Gasteiger partial charge in [0.15, 0.2) is 5.96 Å².